The number of hydrogen-bond donors (Lipinski definition) is 1. The highest BCUT2D eigenvalue weighted by Crippen LogP contribution is 2.35. The molecule has 33 heavy (non-hydrogen) atoms. The Labute approximate surface area is 194 Å². The molecular weight excluding hydrogens is 414 g/mol. The van der Waals surface area contributed by atoms with Crippen LogP contribution in [0.3, 0.4) is 0 Å². The number of nitrogens with zero attached hydrogens (tertiary/aromatic N) is 2. The molecular formula is C27H29N3O3. The molecule has 4 rings (SSSR count). The lowest BCUT2D eigenvalue weighted by atomic mass is 9.99. The van der Waals surface area contributed by atoms with Gasteiger partial charge in [0.25, 0.3) is 0 Å². The second-order valence-corrected chi connectivity index (χ2v) is 8.20. The number of rotatable bonds is 9. The monoisotopic (exact) mass is 443 g/mol. The largest absolute Gasteiger partial charge is 0.493 e. The summed E-state index contributed by atoms with van der Waals surface area (Å²) in [7, 11) is 3.25. The van der Waals surface area contributed by atoms with E-state index in [2.05, 4.69) is 41.3 Å². The van der Waals surface area contributed by atoms with Crippen LogP contribution < -0.4 is 19.5 Å². The van der Waals surface area contributed by atoms with E-state index in [-0.39, 0.29) is 6.04 Å². The highest BCUT2D eigenvalue weighted by atomic mass is 16.5. The standard InChI is InChI=1S/C27H29N3O3/c1-18(2)16-28-26(19-10-12-21(13-11-19)33-20-8-6-5-7-9-20)27-22-14-24(31-3)25(32-4)15-23(22)29-17-30-27/h5-15,17-18,26,28H,16H2,1-4H3/t26-/m1/s1. The number of hydrogen-bond acceptors (Lipinski definition) is 6. The van der Waals surface area contributed by atoms with Crippen LogP contribution in [0.1, 0.15) is 31.1 Å². The third kappa shape index (κ3) is 5.23. The molecule has 1 aromatic heterocycles. The number of para-hydroxylation sites is 1. The summed E-state index contributed by atoms with van der Waals surface area (Å²) in [6.07, 6.45) is 1.60. The van der Waals surface area contributed by atoms with E-state index >= 15 is 0 Å². The molecule has 0 unspecified atom stereocenters. The molecule has 0 bridgehead atoms. The molecule has 0 saturated heterocycles. The fraction of sp³-hybridized carbons (Fsp3) is 0.259. The van der Waals surface area contributed by atoms with Gasteiger partial charge in [-0.3, -0.25) is 0 Å². The summed E-state index contributed by atoms with van der Waals surface area (Å²) < 4.78 is 17.0. The molecule has 0 amide bonds. The molecule has 0 aliphatic carbocycles. The van der Waals surface area contributed by atoms with E-state index in [0.717, 1.165) is 40.2 Å². The number of benzene rings is 3. The lowest BCUT2D eigenvalue weighted by molar-refractivity contribution is 0.355. The van der Waals surface area contributed by atoms with Crippen molar-refractivity contribution < 1.29 is 14.2 Å². The molecule has 1 N–H and O–H groups in total. The average molecular weight is 444 g/mol. The van der Waals surface area contributed by atoms with E-state index in [0.29, 0.717) is 17.4 Å². The van der Waals surface area contributed by atoms with Crippen molar-refractivity contribution >= 4 is 10.9 Å². The van der Waals surface area contributed by atoms with Crippen LogP contribution in [0.2, 0.25) is 0 Å². The summed E-state index contributed by atoms with van der Waals surface area (Å²) in [5.74, 6) is 3.36. The second kappa shape index (κ2) is 10.3. The lowest BCUT2D eigenvalue weighted by Gasteiger charge is -2.22. The van der Waals surface area contributed by atoms with E-state index in [1.807, 2.05) is 54.6 Å². The van der Waals surface area contributed by atoms with Gasteiger partial charge in [0.15, 0.2) is 11.5 Å². The first kappa shape index (κ1) is 22.6. The van der Waals surface area contributed by atoms with Gasteiger partial charge in [0.2, 0.25) is 0 Å². The molecule has 3 aromatic carbocycles. The van der Waals surface area contributed by atoms with E-state index < -0.39 is 0 Å². The first-order valence-electron chi connectivity index (χ1n) is 11.0. The molecule has 4 aromatic rings. The van der Waals surface area contributed by atoms with Crippen molar-refractivity contribution in [3.63, 3.8) is 0 Å². The maximum atomic E-state index is 5.97. The predicted octanol–water partition coefficient (Wildman–Crippen LogP) is 5.77. The van der Waals surface area contributed by atoms with Gasteiger partial charge in [0, 0.05) is 11.5 Å². The van der Waals surface area contributed by atoms with E-state index in [4.69, 9.17) is 14.2 Å². The van der Waals surface area contributed by atoms with Crippen molar-refractivity contribution in [1.82, 2.24) is 15.3 Å². The predicted molar refractivity (Wildman–Crippen MR) is 130 cm³/mol. The topological polar surface area (TPSA) is 65.5 Å². The minimum absolute atomic E-state index is 0.123. The third-order valence-electron chi connectivity index (χ3n) is 5.37. The fourth-order valence-corrected chi connectivity index (χ4v) is 3.71. The third-order valence-corrected chi connectivity index (χ3v) is 5.37. The SMILES string of the molecule is COc1cc2ncnc([C@H](NCC(C)C)c3ccc(Oc4ccccc4)cc3)c2cc1OC. The summed E-state index contributed by atoms with van der Waals surface area (Å²) in [6.45, 7) is 5.21. The maximum absolute atomic E-state index is 5.97. The minimum atomic E-state index is -0.123. The van der Waals surface area contributed by atoms with Crippen molar-refractivity contribution in [2.75, 3.05) is 20.8 Å². The van der Waals surface area contributed by atoms with E-state index in [1.165, 1.54) is 0 Å². The zero-order valence-electron chi connectivity index (χ0n) is 19.4. The Hall–Kier alpha value is -3.64. The van der Waals surface area contributed by atoms with Gasteiger partial charge in [0.1, 0.15) is 17.8 Å². The molecule has 1 atom stereocenters. The van der Waals surface area contributed by atoms with Crippen molar-refractivity contribution in [1.29, 1.82) is 0 Å². The Bertz CT molecular complexity index is 1190. The molecule has 0 radical (unpaired) electrons. The fourth-order valence-electron chi connectivity index (χ4n) is 3.71. The Balaban J connectivity index is 1.72. The number of ether oxygens (including phenoxy) is 3. The first-order chi connectivity index (χ1) is 16.1. The van der Waals surface area contributed by atoms with E-state index in [1.54, 1.807) is 20.5 Å². The van der Waals surface area contributed by atoms with Gasteiger partial charge >= 0.3 is 0 Å². The first-order valence-corrected chi connectivity index (χ1v) is 11.0. The van der Waals surface area contributed by atoms with Crippen LogP contribution in [0.4, 0.5) is 0 Å². The van der Waals surface area contributed by atoms with Gasteiger partial charge < -0.3 is 19.5 Å². The van der Waals surface area contributed by atoms with Crippen LogP contribution in [-0.4, -0.2) is 30.7 Å². The molecule has 0 aliphatic rings. The zero-order chi connectivity index (χ0) is 23.2. The van der Waals surface area contributed by atoms with Crippen LogP contribution in [0.15, 0.2) is 73.1 Å². The normalized spacial score (nSPS) is 12.0. The molecule has 0 aliphatic heterocycles. The number of aromatic nitrogens is 2. The van der Waals surface area contributed by atoms with Crippen LogP contribution in [0.5, 0.6) is 23.0 Å². The quantitative estimate of drug-likeness (QED) is 0.354. The molecule has 1 heterocycles. The van der Waals surface area contributed by atoms with Crippen LogP contribution in [0.25, 0.3) is 10.9 Å². The lowest BCUT2D eigenvalue weighted by Crippen LogP contribution is -2.27. The van der Waals surface area contributed by atoms with Gasteiger partial charge in [-0.1, -0.05) is 44.2 Å². The average Bonchev–Trinajstić information content (AvgIpc) is 2.84. The number of methoxy groups -OCH3 is 2. The van der Waals surface area contributed by atoms with E-state index in [9.17, 15) is 0 Å². The number of nitrogens with one attached hydrogen (secondary N) is 1. The van der Waals surface area contributed by atoms with Gasteiger partial charge in [-0.15, -0.1) is 0 Å². The minimum Gasteiger partial charge on any atom is -0.493 e. The summed E-state index contributed by atoms with van der Waals surface area (Å²) in [4.78, 5) is 9.15. The van der Waals surface area contributed by atoms with Crippen molar-refractivity contribution in [2.24, 2.45) is 5.92 Å². The van der Waals surface area contributed by atoms with Crippen LogP contribution in [-0.2, 0) is 0 Å². The maximum Gasteiger partial charge on any atom is 0.162 e. The van der Waals surface area contributed by atoms with Crippen molar-refractivity contribution in [2.45, 2.75) is 19.9 Å². The van der Waals surface area contributed by atoms with Crippen LogP contribution >= 0.6 is 0 Å². The van der Waals surface area contributed by atoms with Gasteiger partial charge in [0.05, 0.1) is 31.5 Å². The van der Waals surface area contributed by atoms with Gasteiger partial charge in [-0.2, -0.15) is 0 Å². The molecule has 0 saturated carbocycles. The summed E-state index contributed by atoms with van der Waals surface area (Å²) in [5, 5.41) is 4.59. The summed E-state index contributed by atoms with van der Waals surface area (Å²) in [5.41, 5.74) is 2.78. The summed E-state index contributed by atoms with van der Waals surface area (Å²) >= 11 is 0. The zero-order valence-corrected chi connectivity index (χ0v) is 19.4. The Morgan fingerprint density at radius 1 is 0.818 bits per heavy atom. The molecule has 0 fully saturated rings. The van der Waals surface area contributed by atoms with Crippen molar-refractivity contribution in [3.8, 4) is 23.0 Å². The summed E-state index contributed by atoms with van der Waals surface area (Å²) in [6, 6.07) is 21.6. The number of fused-ring (bicyclic) bond motifs is 1. The molecule has 6 nitrogen and oxygen atoms in total. The van der Waals surface area contributed by atoms with Crippen molar-refractivity contribution in [3.05, 3.63) is 84.3 Å². The smallest absolute Gasteiger partial charge is 0.162 e. The Kier molecular flexibility index (Phi) is 7.05. The van der Waals surface area contributed by atoms with Gasteiger partial charge in [-0.25, -0.2) is 9.97 Å². The van der Waals surface area contributed by atoms with Crippen LogP contribution in [0, 0.1) is 5.92 Å². The van der Waals surface area contributed by atoms with Gasteiger partial charge in [-0.05, 0) is 48.4 Å². The highest BCUT2D eigenvalue weighted by molar-refractivity contribution is 5.85. The second-order valence-electron chi connectivity index (χ2n) is 8.20. The highest BCUT2D eigenvalue weighted by Gasteiger charge is 2.21. The molecule has 0 spiro atoms. The molecule has 6 heteroatoms. The Morgan fingerprint density at radius 2 is 1.48 bits per heavy atom. The Morgan fingerprint density at radius 3 is 2.15 bits per heavy atom. The molecule has 170 valence electrons.